The van der Waals surface area contributed by atoms with Gasteiger partial charge in [-0.1, -0.05) is 0 Å². The summed E-state index contributed by atoms with van der Waals surface area (Å²) in [6.07, 6.45) is 2.58. The first-order valence-corrected chi connectivity index (χ1v) is 7.86. The Bertz CT molecular complexity index is 724. The molecule has 1 aromatic carbocycles. The highest BCUT2D eigenvalue weighted by molar-refractivity contribution is 5.94. The van der Waals surface area contributed by atoms with Gasteiger partial charge in [0.05, 0.1) is 0 Å². The minimum atomic E-state index is -0.742. The highest BCUT2D eigenvalue weighted by atomic mass is 19.1. The van der Waals surface area contributed by atoms with Crippen molar-refractivity contribution in [2.75, 3.05) is 27.2 Å². The Balaban J connectivity index is 1.68. The number of hydrogen-bond acceptors (Lipinski definition) is 3. The second-order valence-electron chi connectivity index (χ2n) is 6.43. The van der Waals surface area contributed by atoms with Crippen LogP contribution in [0, 0.1) is 11.6 Å². The smallest absolute Gasteiger partial charge is 0.254 e. The van der Waals surface area contributed by atoms with Crippen molar-refractivity contribution in [1.29, 1.82) is 0 Å². The molecular weight excluding hydrogens is 314 g/mol. The lowest BCUT2D eigenvalue weighted by Gasteiger charge is -2.16. The average molecular weight is 334 g/mol. The highest BCUT2D eigenvalue weighted by Crippen LogP contribution is 2.26. The molecule has 2 heterocycles. The molecule has 3 rings (SSSR count). The fraction of sp³-hybridized carbons (Fsp3) is 0.412. The van der Waals surface area contributed by atoms with Crippen molar-refractivity contribution in [2.45, 2.75) is 18.9 Å². The molecular formula is C17H20F2N4O. The molecule has 2 aromatic rings. The van der Waals surface area contributed by atoms with Crippen LogP contribution in [0.4, 0.5) is 8.78 Å². The fourth-order valence-corrected chi connectivity index (χ4v) is 3.03. The summed E-state index contributed by atoms with van der Waals surface area (Å²) in [5.74, 6) is -0.867. The van der Waals surface area contributed by atoms with Gasteiger partial charge in [0.1, 0.15) is 17.5 Å². The van der Waals surface area contributed by atoms with Crippen LogP contribution in [0.25, 0.3) is 0 Å². The average Bonchev–Trinajstić information content (AvgIpc) is 3.13. The molecule has 1 N–H and O–H groups in total. The Morgan fingerprint density at radius 1 is 1.33 bits per heavy atom. The van der Waals surface area contributed by atoms with Crippen molar-refractivity contribution < 1.29 is 13.6 Å². The van der Waals surface area contributed by atoms with Crippen LogP contribution in [-0.2, 0) is 6.54 Å². The molecule has 0 radical (unpaired) electrons. The van der Waals surface area contributed by atoms with Gasteiger partial charge < -0.3 is 14.8 Å². The van der Waals surface area contributed by atoms with Gasteiger partial charge in [0.25, 0.3) is 5.91 Å². The van der Waals surface area contributed by atoms with E-state index in [1.54, 1.807) is 4.90 Å². The number of benzene rings is 1. The number of likely N-dealkylation sites (tertiary alicyclic amines) is 1. The van der Waals surface area contributed by atoms with Crippen LogP contribution in [0.5, 0.6) is 0 Å². The first-order valence-electron chi connectivity index (χ1n) is 7.86. The van der Waals surface area contributed by atoms with Gasteiger partial charge in [-0.2, -0.15) is 0 Å². The van der Waals surface area contributed by atoms with Crippen molar-refractivity contribution in [2.24, 2.45) is 0 Å². The predicted molar refractivity (Wildman–Crippen MR) is 85.6 cm³/mol. The van der Waals surface area contributed by atoms with E-state index in [1.807, 2.05) is 25.2 Å². The molecule has 0 aliphatic carbocycles. The van der Waals surface area contributed by atoms with Gasteiger partial charge in [0.2, 0.25) is 0 Å². The third-order valence-electron chi connectivity index (χ3n) is 4.11. The normalized spacial score (nSPS) is 17.7. The summed E-state index contributed by atoms with van der Waals surface area (Å²) in [6.45, 7) is 1.81. The van der Waals surface area contributed by atoms with E-state index in [0.717, 1.165) is 42.7 Å². The van der Waals surface area contributed by atoms with Crippen molar-refractivity contribution in [3.05, 3.63) is 53.1 Å². The van der Waals surface area contributed by atoms with E-state index in [4.69, 9.17) is 0 Å². The Hall–Kier alpha value is -2.28. The van der Waals surface area contributed by atoms with Crippen molar-refractivity contribution in [1.82, 2.24) is 19.8 Å². The summed E-state index contributed by atoms with van der Waals surface area (Å²) in [5.41, 5.74) is 1.06. The largest absolute Gasteiger partial charge is 0.345 e. The molecule has 0 spiro atoms. The van der Waals surface area contributed by atoms with Crippen molar-refractivity contribution >= 4 is 5.91 Å². The molecule has 1 aliphatic rings. The number of H-pyrrole nitrogens is 1. The Morgan fingerprint density at radius 2 is 2.04 bits per heavy atom. The number of carbonyl (C=O) groups is 1. The number of aromatic nitrogens is 2. The molecule has 1 saturated heterocycles. The fourth-order valence-electron chi connectivity index (χ4n) is 3.03. The van der Waals surface area contributed by atoms with E-state index in [9.17, 15) is 13.6 Å². The quantitative estimate of drug-likeness (QED) is 0.934. The van der Waals surface area contributed by atoms with E-state index >= 15 is 0 Å². The first kappa shape index (κ1) is 16.6. The van der Waals surface area contributed by atoms with E-state index in [1.165, 1.54) is 0 Å². The number of nitrogens with zero attached hydrogens (tertiary/aromatic N) is 3. The molecule has 24 heavy (non-hydrogen) atoms. The number of amides is 1. The zero-order valence-corrected chi connectivity index (χ0v) is 13.7. The van der Waals surface area contributed by atoms with Gasteiger partial charge in [-0.3, -0.25) is 4.79 Å². The van der Waals surface area contributed by atoms with E-state index in [-0.39, 0.29) is 17.4 Å². The van der Waals surface area contributed by atoms with Crippen LogP contribution in [0.15, 0.2) is 24.4 Å². The van der Waals surface area contributed by atoms with Crippen LogP contribution in [0.3, 0.4) is 0 Å². The molecule has 1 aromatic heterocycles. The molecule has 1 amide bonds. The summed E-state index contributed by atoms with van der Waals surface area (Å²) in [5, 5.41) is 0. The van der Waals surface area contributed by atoms with E-state index in [0.29, 0.717) is 13.1 Å². The summed E-state index contributed by atoms with van der Waals surface area (Å²) >= 11 is 0. The summed E-state index contributed by atoms with van der Waals surface area (Å²) in [6, 6.07) is 2.90. The van der Waals surface area contributed by atoms with E-state index in [2.05, 4.69) is 9.97 Å². The van der Waals surface area contributed by atoms with Gasteiger partial charge >= 0.3 is 0 Å². The van der Waals surface area contributed by atoms with Gasteiger partial charge in [-0.25, -0.2) is 13.8 Å². The SMILES string of the molecule is CN(C)Cc1cnc([C@H]2CCN(C(=O)c3cc(F)cc(F)c3)C2)[nH]1. The Kier molecular flexibility index (Phi) is 4.62. The Labute approximate surface area is 139 Å². The molecule has 1 aliphatic heterocycles. The number of nitrogens with one attached hydrogen (secondary N) is 1. The summed E-state index contributed by atoms with van der Waals surface area (Å²) in [7, 11) is 3.96. The molecule has 0 saturated carbocycles. The topological polar surface area (TPSA) is 52.2 Å². The predicted octanol–water partition coefficient (Wildman–Crippen LogP) is 2.38. The molecule has 0 unspecified atom stereocenters. The first-order chi connectivity index (χ1) is 11.4. The lowest BCUT2D eigenvalue weighted by molar-refractivity contribution is 0.0789. The zero-order valence-electron chi connectivity index (χ0n) is 13.7. The third-order valence-corrected chi connectivity index (χ3v) is 4.11. The molecule has 1 atom stereocenters. The number of carbonyl (C=O) groups excluding carboxylic acids is 1. The number of rotatable bonds is 4. The van der Waals surface area contributed by atoms with Crippen LogP contribution in [-0.4, -0.2) is 52.9 Å². The van der Waals surface area contributed by atoms with Gasteiger partial charge in [0, 0.05) is 49.1 Å². The summed E-state index contributed by atoms with van der Waals surface area (Å²) in [4.78, 5) is 23.8. The molecule has 1 fully saturated rings. The molecule has 7 heteroatoms. The van der Waals surface area contributed by atoms with E-state index < -0.39 is 11.6 Å². The van der Waals surface area contributed by atoms with Crippen LogP contribution < -0.4 is 0 Å². The summed E-state index contributed by atoms with van der Waals surface area (Å²) < 4.78 is 26.6. The minimum Gasteiger partial charge on any atom is -0.345 e. The van der Waals surface area contributed by atoms with Crippen LogP contribution >= 0.6 is 0 Å². The number of aromatic amines is 1. The van der Waals surface area contributed by atoms with Crippen molar-refractivity contribution in [3.63, 3.8) is 0 Å². The highest BCUT2D eigenvalue weighted by Gasteiger charge is 2.30. The molecule has 128 valence electrons. The third kappa shape index (κ3) is 3.62. The van der Waals surface area contributed by atoms with Gasteiger partial charge in [0.15, 0.2) is 0 Å². The molecule has 5 nitrogen and oxygen atoms in total. The number of halogens is 2. The molecule has 0 bridgehead atoms. The second kappa shape index (κ2) is 6.68. The lowest BCUT2D eigenvalue weighted by atomic mass is 10.1. The van der Waals surface area contributed by atoms with Crippen LogP contribution in [0.2, 0.25) is 0 Å². The number of hydrogen-bond donors (Lipinski definition) is 1. The minimum absolute atomic E-state index is 0.0425. The lowest BCUT2D eigenvalue weighted by Crippen LogP contribution is -2.28. The standard InChI is InChI=1S/C17H20F2N4O/c1-22(2)10-15-8-20-16(21-15)11-3-4-23(9-11)17(24)12-5-13(18)7-14(19)6-12/h5-8,11H,3-4,9-10H2,1-2H3,(H,20,21)/t11-/m0/s1. The maximum absolute atomic E-state index is 13.3. The Morgan fingerprint density at radius 3 is 2.71 bits per heavy atom. The maximum atomic E-state index is 13.3. The van der Waals surface area contributed by atoms with Crippen molar-refractivity contribution in [3.8, 4) is 0 Å². The monoisotopic (exact) mass is 334 g/mol. The van der Waals surface area contributed by atoms with Gasteiger partial charge in [-0.05, 0) is 32.6 Å². The second-order valence-corrected chi connectivity index (χ2v) is 6.43. The van der Waals surface area contributed by atoms with Gasteiger partial charge in [-0.15, -0.1) is 0 Å². The number of imidazole rings is 1. The van der Waals surface area contributed by atoms with Crippen LogP contribution in [0.1, 0.15) is 34.2 Å². The zero-order chi connectivity index (χ0) is 17.3. The maximum Gasteiger partial charge on any atom is 0.254 e.